The fraction of sp³-hybridized carbons (Fsp3) is 0.146. The fourth-order valence-corrected chi connectivity index (χ4v) is 6.34. The van der Waals surface area contributed by atoms with E-state index in [0.717, 1.165) is 46.4 Å². The van der Waals surface area contributed by atoms with Gasteiger partial charge in [-0.15, -0.1) is 0 Å². The summed E-state index contributed by atoms with van der Waals surface area (Å²) in [6, 6.07) is 51.8. The molecule has 1 aromatic heterocycles. The third kappa shape index (κ3) is 7.23. The van der Waals surface area contributed by atoms with E-state index >= 15 is 0 Å². The summed E-state index contributed by atoms with van der Waals surface area (Å²) in [6.45, 7) is 0.473. The van der Waals surface area contributed by atoms with Crippen LogP contribution in [0.1, 0.15) is 52.3 Å². The Bertz CT molecular complexity index is 1740. The van der Waals surface area contributed by atoms with Crippen LogP contribution in [0.25, 0.3) is 0 Å². The summed E-state index contributed by atoms with van der Waals surface area (Å²) in [6.07, 6.45) is 5.79. The van der Waals surface area contributed by atoms with E-state index in [0.29, 0.717) is 6.54 Å². The van der Waals surface area contributed by atoms with Crippen LogP contribution in [0.2, 0.25) is 0 Å². The number of rotatable bonds is 12. The zero-order chi connectivity index (χ0) is 32.3. The van der Waals surface area contributed by atoms with Crippen molar-refractivity contribution in [1.29, 1.82) is 0 Å². The number of carbonyl (C=O) groups is 1. The number of aromatic nitrogens is 2. The zero-order valence-corrected chi connectivity index (χ0v) is 26.3. The summed E-state index contributed by atoms with van der Waals surface area (Å²) >= 11 is 0. The first kappa shape index (κ1) is 31.2. The number of nitrogens with two attached hydrogens (primary N) is 1. The molecule has 1 heterocycles. The molecule has 0 saturated heterocycles. The quantitative estimate of drug-likeness (QED) is 0.0654. The number of carbonyl (C=O) groups excluding carboxylic acids is 1. The van der Waals surface area contributed by atoms with Crippen molar-refractivity contribution >= 4 is 11.9 Å². The van der Waals surface area contributed by atoms with Gasteiger partial charge in [0.15, 0.2) is 5.96 Å². The number of aliphatic imine (C=N–C) groups is 1. The molecule has 0 atom stereocenters. The van der Waals surface area contributed by atoms with Crippen LogP contribution >= 0.6 is 0 Å². The Hall–Kier alpha value is -5.75. The van der Waals surface area contributed by atoms with Crippen LogP contribution in [0.4, 0.5) is 0 Å². The van der Waals surface area contributed by atoms with E-state index in [2.05, 4.69) is 93.9 Å². The van der Waals surface area contributed by atoms with Gasteiger partial charge in [0.2, 0.25) is 5.91 Å². The van der Waals surface area contributed by atoms with Crippen molar-refractivity contribution in [3.63, 3.8) is 0 Å². The van der Waals surface area contributed by atoms with Crippen LogP contribution < -0.4 is 11.1 Å². The predicted octanol–water partition coefficient (Wildman–Crippen LogP) is 7.31. The van der Waals surface area contributed by atoms with Gasteiger partial charge in [0.25, 0.3) is 0 Å². The number of amides is 1. The lowest BCUT2D eigenvalue weighted by molar-refractivity contribution is -0.119. The van der Waals surface area contributed by atoms with Gasteiger partial charge in [-0.3, -0.25) is 15.1 Å². The first-order valence-electron chi connectivity index (χ1n) is 16.0. The van der Waals surface area contributed by atoms with Crippen molar-refractivity contribution in [3.05, 3.63) is 198 Å². The highest BCUT2D eigenvalue weighted by Crippen LogP contribution is 2.40. The minimum absolute atomic E-state index is 0.0740. The second-order valence-electron chi connectivity index (χ2n) is 11.6. The van der Waals surface area contributed by atoms with Crippen LogP contribution in [-0.4, -0.2) is 28.0 Å². The van der Waals surface area contributed by atoms with Gasteiger partial charge in [-0.05, 0) is 40.7 Å². The first-order chi connectivity index (χ1) is 23.1. The predicted molar refractivity (Wildman–Crippen MR) is 189 cm³/mol. The summed E-state index contributed by atoms with van der Waals surface area (Å²) < 4.78 is 2.22. The molecule has 0 radical (unpaired) electrons. The van der Waals surface area contributed by atoms with Gasteiger partial charge in [-0.1, -0.05) is 152 Å². The molecule has 0 aliphatic carbocycles. The van der Waals surface area contributed by atoms with Gasteiger partial charge >= 0.3 is 0 Å². The highest BCUT2D eigenvalue weighted by molar-refractivity contribution is 5.96. The lowest BCUT2D eigenvalue weighted by atomic mass is 9.77. The Morgan fingerprint density at radius 3 is 1.62 bits per heavy atom. The van der Waals surface area contributed by atoms with Crippen molar-refractivity contribution < 1.29 is 4.79 Å². The Morgan fingerprint density at radius 2 is 1.15 bits per heavy atom. The number of aryl methyl sites for hydroxylation is 1. The van der Waals surface area contributed by atoms with E-state index in [1.807, 2.05) is 85.2 Å². The molecule has 1 amide bonds. The van der Waals surface area contributed by atoms with E-state index in [4.69, 9.17) is 10.7 Å². The van der Waals surface area contributed by atoms with Crippen molar-refractivity contribution in [1.82, 2.24) is 14.9 Å². The second-order valence-corrected chi connectivity index (χ2v) is 11.6. The average Bonchev–Trinajstić information content (AvgIpc) is 3.60. The van der Waals surface area contributed by atoms with Crippen molar-refractivity contribution in [2.24, 2.45) is 10.7 Å². The molecule has 0 aliphatic rings. The highest BCUT2D eigenvalue weighted by atomic mass is 16.1. The minimum atomic E-state index is -0.598. The molecule has 6 aromatic rings. The molecule has 5 aromatic carbocycles. The molecular formula is C41H39N5O. The average molecular weight is 618 g/mol. The molecule has 234 valence electrons. The molecular weight excluding hydrogens is 578 g/mol. The number of benzene rings is 5. The molecule has 0 aliphatic heterocycles. The van der Waals surface area contributed by atoms with Crippen molar-refractivity contribution in [2.45, 2.75) is 30.7 Å². The van der Waals surface area contributed by atoms with E-state index in [1.54, 1.807) is 0 Å². The second kappa shape index (κ2) is 15.0. The third-order valence-corrected chi connectivity index (χ3v) is 8.53. The standard InChI is InChI=1S/C41H39N5O/c42-40(45-39(47)29-38(32-17-6-1-7-18-32)33-19-8-2-9-20-33)43-28-16-27-37-30-46(31-44-37)41(34-21-10-3-11-22-34,35-23-12-4-13-24-35)36-25-14-5-15-26-36/h1-15,17-26,30-31,38H,16,27-29H2,(H3,42,43,45,47). The summed E-state index contributed by atoms with van der Waals surface area (Å²) in [5, 5.41) is 2.80. The summed E-state index contributed by atoms with van der Waals surface area (Å²) in [4.78, 5) is 22.3. The number of hydrogen-bond donors (Lipinski definition) is 2. The molecule has 0 fully saturated rings. The Morgan fingerprint density at radius 1 is 0.702 bits per heavy atom. The van der Waals surface area contributed by atoms with E-state index in [1.165, 1.54) is 0 Å². The number of nitrogens with one attached hydrogen (secondary N) is 1. The van der Waals surface area contributed by atoms with Gasteiger partial charge in [0.1, 0.15) is 5.54 Å². The van der Waals surface area contributed by atoms with Crippen LogP contribution in [0, 0.1) is 0 Å². The van der Waals surface area contributed by atoms with Gasteiger partial charge in [-0.2, -0.15) is 0 Å². The Kier molecular flexibility index (Phi) is 9.98. The Balaban J connectivity index is 1.14. The molecule has 0 unspecified atom stereocenters. The Labute approximate surface area is 276 Å². The van der Waals surface area contributed by atoms with Crippen LogP contribution in [0.5, 0.6) is 0 Å². The van der Waals surface area contributed by atoms with Crippen molar-refractivity contribution in [3.8, 4) is 0 Å². The third-order valence-electron chi connectivity index (χ3n) is 8.53. The minimum Gasteiger partial charge on any atom is -0.370 e. The number of guanidine groups is 1. The smallest absolute Gasteiger partial charge is 0.227 e. The lowest BCUT2D eigenvalue weighted by Crippen LogP contribution is -2.37. The normalized spacial score (nSPS) is 11.8. The monoisotopic (exact) mass is 617 g/mol. The molecule has 0 spiro atoms. The largest absolute Gasteiger partial charge is 0.370 e. The zero-order valence-electron chi connectivity index (χ0n) is 26.3. The van der Waals surface area contributed by atoms with E-state index in [-0.39, 0.29) is 24.2 Å². The van der Waals surface area contributed by atoms with E-state index < -0.39 is 5.54 Å². The lowest BCUT2D eigenvalue weighted by Gasteiger charge is -2.37. The van der Waals surface area contributed by atoms with Crippen LogP contribution in [-0.2, 0) is 16.8 Å². The van der Waals surface area contributed by atoms with Crippen LogP contribution in [0.3, 0.4) is 0 Å². The molecule has 0 bridgehead atoms. The topological polar surface area (TPSA) is 85.3 Å². The SMILES string of the molecule is NC(=NCCCc1cn(C(c2ccccc2)(c2ccccc2)c2ccccc2)cn1)NC(=O)CC(c1ccccc1)c1ccccc1. The molecule has 6 nitrogen and oxygen atoms in total. The highest BCUT2D eigenvalue weighted by Gasteiger charge is 2.38. The van der Waals surface area contributed by atoms with Gasteiger partial charge in [0.05, 0.1) is 12.0 Å². The maximum Gasteiger partial charge on any atom is 0.227 e. The van der Waals surface area contributed by atoms with Crippen molar-refractivity contribution in [2.75, 3.05) is 6.54 Å². The molecule has 0 saturated carbocycles. The van der Waals surface area contributed by atoms with Gasteiger partial charge in [-0.25, -0.2) is 4.98 Å². The summed E-state index contributed by atoms with van der Waals surface area (Å²) in [5.74, 6) is -0.103. The van der Waals surface area contributed by atoms with Gasteiger partial charge < -0.3 is 10.3 Å². The first-order valence-corrected chi connectivity index (χ1v) is 16.0. The molecule has 6 heteroatoms. The summed E-state index contributed by atoms with van der Waals surface area (Å²) in [7, 11) is 0. The summed E-state index contributed by atoms with van der Waals surface area (Å²) in [5.41, 5.74) is 12.1. The molecule has 6 rings (SSSR count). The maximum atomic E-state index is 13.0. The molecule has 3 N–H and O–H groups in total. The number of imidazole rings is 1. The number of hydrogen-bond acceptors (Lipinski definition) is 3. The molecule has 47 heavy (non-hydrogen) atoms. The van der Waals surface area contributed by atoms with E-state index in [9.17, 15) is 4.79 Å². The van der Waals surface area contributed by atoms with Crippen LogP contribution in [0.15, 0.2) is 169 Å². The van der Waals surface area contributed by atoms with Gasteiger partial charge in [0, 0.05) is 25.1 Å². The fourth-order valence-electron chi connectivity index (χ4n) is 6.34. The number of nitrogens with zero attached hydrogens (tertiary/aromatic N) is 3. The maximum absolute atomic E-state index is 13.0.